The lowest BCUT2D eigenvalue weighted by Crippen LogP contribution is -2.49. The Kier molecular flexibility index (Phi) is 6.02. The third kappa shape index (κ3) is 4.44. The number of carboxylic acid groups (broad SMARTS) is 1. The van der Waals surface area contributed by atoms with E-state index < -0.39 is 21.9 Å². The van der Waals surface area contributed by atoms with Crippen molar-refractivity contribution < 1.29 is 23.1 Å². The van der Waals surface area contributed by atoms with Crippen molar-refractivity contribution in [1.82, 2.24) is 9.21 Å². The van der Waals surface area contributed by atoms with Gasteiger partial charge in [-0.3, -0.25) is 9.59 Å². The van der Waals surface area contributed by atoms with Crippen molar-refractivity contribution in [2.45, 2.75) is 51.5 Å². The summed E-state index contributed by atoms with van der Waals surface area (Å²) >= 11 is 0. The molecule has 132 valence electrons. The van der Waals surface area contributed by atoms with Crippen molar-refractivity contribution in [3.8, 4) is 0 Å². The highest BCUT2D eigenvalue weighted by atomic mass is 32.2. The molecule has 1 amide bonds. The second kappa shape index (κ2) is 7.61. The number of rotatable bonds is 6. The molecule has 2 fully saturated rings. The van der Waals surface area contributed by atoms with Crippen molar-refractivity contribution in [1.29, 1.82) is 0 Å². The van der Waals surface area contributed by atoms with Gasteiger partial charge in [0, 0.05) is 32.1 Å². The summed E-state index contributed by atoms with van der Waals surface area (Å²) in [6.07, 6.45) is 3.52. The molecule has 0 aromatic rings. The summed E-state index contributed by atoms with van der Waals surface area (Å²) in [5.41, 5.74) is 0. The number of carboxylic acids is 1. The molecule has 0 bridgehead atoms. The smallest absolute Gasteiger partial charge is 0.308 e. The standard InChI is InChI=1S/C15H26N2O5S/c1-12-13(15(19)20)6-4-10-17(12)14(18)7-5-11-23(21,22)16-8-2-3-9-16/h12-13H,2-11H2,1H3,(H,19,20)/t12-,13-/m1/s1. The van der Waals surface area contributed by atoms with E-state index >= 15 is 0 Å². The number of piperidine rings is 1. The lowest BCUT2D eigenvalue weighted by atomic mass is 9.90. The average Bonchev–Trinajstić information content (AvgIpc) is 3.01. The van der Waals surface area contributed by atoms with Crippen molar-refractivity contribution in [3.05, 3.63) is 0 Å². The molecule has 2 aliphatic rings. The highest BCUT2D eigenvalue weighted by Gasteiger charge is 2.35. The molecule has 0 aliphatic carbocycles. The number of hydrogen-bond acceptors (Lipinski definition) is 4. The van der Waals surface area contributed by atoms with E-state index in [1.165, 1.54) is 4.31 Å². The maximum atomic E-state index is 12.3. The molecule has 0 aromatic carbocycles. The summed E-state index contributed by atoms with van der Waals surface area (Å²) in [7, 11) is -3.26. The van der Waals surface area contributed by atoms with Gasteiger partial charge in [-0.1, -0.05) is 0 Å². The van der Waals surface area contributed by atoms with Gasteiger partial charge >= 0.3 is 5.97 Å². The third-order valence-corrected chi connectivity index (χ3v) is 6.83. The van der Waals surface area contributed by atoms with Crippen LogP contribution in [0.15, 0.2) is 0 Å². The first-order chi connectivity index (χ1) is 10.8. The molecule has 2 heterocycles. The zero-order valence-corrected chi connectivity index (χ0v) is 14.4. The van der Waals surface area contributed by atoms with Crippen LogP contribution in [0, 0.1) is 5.92 Å². The first kappa shape index (κ1) is 18.2. The molecule has 2 aliphatic heterocycles. The van der Waals surface area contributed by atoms with Crippen LogP contribution in [0.1, 0.15) is 45.4 Å². The Labute approximate surface area is 137 Å². The lowest BCUT2D eigenvalue weighted by molar-refractivity contribution is -0.149. The summed E-state index contributed by atoms with van der Waals surface area (Å²) in [5, 5.41) is 9.19. The number of sulfonamides is 1. The van der Waals surface area contributed by atoms with Crippen molar-refractivity contribution in [2.24, 2.45) is 5.92 Å². The Morgan fingerprint density at radius 3 is 2.39 bits per heavy atom. The Hall–Kier alpha value is -1.15. The quantitative estimate of drug-likeness (QED) is 0.771. The average molecular weight is 346 g/mol. The largest absolute Gasteiger partial charge is 0.481 e. The summed E-state index contributed by atoms with van der Waals surface area (Å²) in [6.45, 7) is 3.49. The minimum atomic E-state index is -3.26. The van der Waals surface area contributed by atoms with E-state index in [4.69, 9.17) is 0 Å². The fourth-order valence-electron chi connectivity index (χ4n) is 3.47. The third-order valence-electron chi connectivity index (χ3n) is 4.88. The minimum absolute atomic E-state index is 0.0106. The van der Waals surface area contributed by atoms with Gasteiger partial charge in [-0.15, -0.1) is 0 Å². The van der Waals surface area contributed by atoms with Crippen LogP contribution in [-0.2, 0) is 19.6 Å². The zero-order chi connectivity index (χ0) is 17.0. The van der Waals surface area contributed by atoms with Gasteiger partial charge < -0.3 is 10.0 Å². The van der Waals surface area contributed by atoms with E-state index in [9.17, 15) is 23.1 Å². The van der Waals surface area contributed by atoms with Crippen LogP contribution >= 0.6 is 0 Å². The predicted octanol–water partition coefficient (Wildman–Crippen LogP) is 0.904. The molecule has 0 aromatic heterocycles. The first-order valence-electron chi connectivity index (χ1n) is 8.33. The van der Waals surface area contributed by atoms with Crippen LogP contribution in [0.25, 0.3) is 0 Å². The molecule has 7 nitrogen and oxygen atoms in total. The van der Waals surface area contributed by atoms with Crippen LogP contribution in [0.4, 0.5) is 0 Å². The summed E-state index contributed by atoms with van der Waals surface area (Å²) in [5.74, 6) is -1.55. The monoisotopic (exact) mass is 346 g/mol. The fourth-order valence-corrected chi connectivity index (χ4v) is 5.05. The number of carbonyl (C=O) groups excluding carboxylic acids is 1. The van der Waals surface area contributed by atoms with Gasteiger partial charge in [0.15, 0.2) is 0 Å². The molecule has 8 heteroatoms. The molecular formula is C15H26N2O5S. The van der Waals surface area contributed by atoms with Crippen molar-refractivity contribution in [3.63, 3.8) is 0 Å². The molecule has 2 atom stereocenters. The normalized spacial score (nSPS) is 26.4. The second-order valence-electron chi connectivity index (χ2n) is 6.44. The molecule has 1 N–H and O–H groups in total. The fraction of sp³-hybridized carbons (Fsp3) is 0.867. The van der Waals surface area contributed by atoms with E-state index in [0.717, 1.165) is 12.8 Å². The zero-order valence-electron chi connectivity index (χ0n) is 13.6. The van der Waals surface area contributed by atoms with E-state index in [2.05, 4.69) is 0 Å². The van der Waals surface area contributed by atoms with Crippen LogP contribution in [0.3, 0.4) is 0 Å². The maximum absolute atomic E-state index is 12.3. The van der Waals surface area contributed by atoms with E-state index in [-0.39, 0.29) is 24.1 Å². The van der Waals surface area contributed by atoms with Crippen LogP contribution in [0.5, 0.6) is 0 Å². The Bertz CT molecular complexity index is 542. The highest BCUT2D eigenvalue weighted by molar-refractivity contribution is 7.89. The SMILES string of the molecule is C[C@@H]1[C@H](C(=O)O)CCCN1C(=O)CCCS(=O)(=O)N1CCCC1. The first-order valence-corrected chi connectivity index (χ1v) is 9.94. The van der Waals surface area contributed by atoms with E-state index in [0.29, 0.717) is 38.9 Å². The minimum Gasteiger partial charge on any atom is -0.481 e. The molecular weight excluding hydrogens is 320 g/mol. The van der Waals surface area contributed by atoms with Gasteiger partial charge in [0.25, 0.3) is 0 Å². The summed E-state index contributed by atoms with van der Waals surface area (Å²) in [6, 6.07) is -0.330. The molecule has 0 unspecified atom stereocenters. The number of amides is 1. The maximum Gasteiger partial charge on any atom is 0.308 e. The van der Waals surface area contributed by atoms with E-state index in [1.54, 1.807) is 11.8 Å². The Morgan fingerprint density at radius 2 is 1.78 bits per heavy atom. The van der Waals surface area contributed by atoms with Gasteiger partial charge in [-0.25, -0.2) is 12.7 Å². The Morgan fingerprint density at radius 1 is 1.13 bits per heavy atom. The molecule has 0 radical (unpaired) electrons. The number of likely N-dealkylation sites (tertiary alicyclic amines) is 1. The number of aliphatic carboxylic acids is 1. The van der Waals surface area contributed by atoms with Crippen LogP contribution in [0.2, 0.25) is 0 Å². The van der Waals surface area contributed by atoms with Gasteiger partial charge in [-0.2, -0.15) is 0 Å². The topological polar surface area (TPSA) is 95.0 Å². The van der Waals surface area contributed by atoms with Gasteiger partial charge in [0.05, 0.1) is 11.7 Å². The molecule has 0 spiro atoms. The number of carbonyl (C=O) groups is 2. The van der Waals surface area contributed by atoms with Crippen molar-refractivity contribution >= 4 is 21.9 Å². The van der Waals surface area contributed by atoms with Crippen molar-refractivity contribution in [2.75, 3.05) is 25.4 Å². The number of nitrogens with zero attached hydrogens (tertiary/aromatic N) is 2. The summed E-state index contributed by atoms with van der Waals surface area (Å²) < 4.78 is 25.7. The summed E-state index contributed by atoms with van der Waals surface area (Å²) in [4.78, 5) is 25.1. The van der Waals surface area contributed by atoms with Gasteiger partial charge in [0.1, 0.15) is 0 Å². The van der Waals surface area contributed by atoms with Crippen LogP contribution < -0.4 is 0 Å². The molecule has 23 heavy (non-hydrogen) atoms. The second-order valence-corrected chi connectivity index (χ2v) is 8.53. The Balaban J connectivity index is 1.83. The van der Waals surface area contributed by atoms with Gasteiger partial charge in [0.2, 0.25) is 15.9 Å². The van der Waals surface area contributed by atoms with Gasteiger partial charge in [-0.05, 0) is 39.0 Å². The number of hydrogen-bond donors (Lipinski definition) is 1. The highest BCUT2D eigenvalue weighted by Crippen LogP contribution is 2.24. The molecule has 2 saturated heterocycles. The molecule has 2 rings (SSSR count). The van der Waals surface area contributed by atoms with E-state index in [1.807, 2.05) is 0 Å². The van der Waals surface area contributed by atoms with Crippen LogP contribution in [-0.4, -0.2) is 66.0 Å². The molecule has 0 saturated carbocycles. The lowest BCUT2D eigenvalue weighted by Gasteiger charge is -2.37. The predicted molar refractivity (Wildman–Crippen MR) is 85.4 cm³/mol.